The lowest BCUT2D eigenvalue weighted by Crippen LogP contribution is -2.35. The second-order valence-corrected chi connectivity index (χ2v) is 6.73. The Hall–Kier alpha value is -1.10. The van der Waals surface area contributed by atoms with E-state index in [1.165, 1.54) is 51.4 Å². The van der Waals surface area contributed by atoms with Gasteiger partial charge in [0, 0.05) is 0 Å². The second kappa shape index (κ2) is 17.7. The van der Waals surface area contributed by atoms with E-state index in [-0.39, 0.29) is 6.42 Å². The average molecular weight is 358 g/mol. The lowest BCUT2D eigenvalue weighted by atomic mass is 10.1. The summed E-state index contributed by atoms with van der Waals surface area (Å²) in [5.74, 6) is -0.928. The van der Waals surface area contributed by atoms with Gasteiger partial charge in [0.05, 0.1) is 19.6 Å². The number of rotatable bonds is 17. The van der Waals surface area contributed by atoms with Gasteiger partial charge in [-0.2, -0.15) is 0 Å². The van der Waals surface area contributed by atoms with Gasteiger partial charge in [0.15, 0.2) is 0 Å². The van der Waals surface area contributed by atoms with Gasteiger partial charge < -0.3 is 15.2 Å². The molecule has 148 valence electrons. The van der Waals surface area contributed by atoms with Crippen LogP contribution in [0.1, 0.15) is 97.3 Å². The van der Waals surface area contributed by atoms with Crippen LogP contribution in [-0.4, -0.2) is 31.2 Å². The molecule has 1 atom stereocenters. The normalized spacial score (nSPS) is 12.0. The summed E-state index contributed by atoms with van der Waals surface area (Å²) >= 11 is 0. The van der Waals surface area contributed by atoms with Crippen LogP contribution in [0, 0.1) is 0 Å². The number of hydrogen-bond acceptors (Lipinski definition) is 5. The van der Waals surface area contributed by atoms with Gasteiger partial charge in [0.25, 0.3) is 0 Å². The molecule has 0 amide bonds. The Balaban J connectivity index is 3.56. The third-order valence-corrected chi connectivity index (χ3v) is 4.19. The average Bonchev–Trinajstić information content (AvgIpc) is 2.59. The van der Waals surface area contributed by atoms with Crippen LogP contribution in [0.4, 0.5) is 0 Å². The van der Waals surface area contributed by atoms with Crippen LogP contribution in [0.5, 0.6) is 0 Å². The minimum atomic E-state index is -0.919. The Bertz CT molecular complexity index is 334. The lowest BCUT2D eigenvalue weighted by molar-refractivity contribution is -0.152. The molecule has 0 aromatic carbocycles. The van der Waals surface area contributed by atoms with Gasteiger partial charge in [-0.15, -0.1) is 0 Å². The molecule has 0 heterocycles. The minimum absolute atomic E-state index is 0.106. The van der Waals surface area contributed by atoms with E-state index in [4.69, 9.17) is 15.2 Å². The highest BCUT2D eigenvalue weighted by Gasteiger charge is 2.19. The van der Waals surface area contributed by atoms with Crippen LogP contribution in [0.2, 0.25) is 0 Å². The number of carbonyl (C=O) groups excluding carboxylic acids is 2. The Morgan fingerprint density at radius 2 is 1.16 bits per heavy atom. The van der Waals surface area contributed by atoms with Crippen molar-refractivity contribution in [1.29, 1.82) is 0 Å². The molecule has 0 radical (unpaired) electrons. The van der Waals surface area contributed by atoms with Gasteiger partial charge in [0.1, 0.15) is 6.04 Å². The van der Waals surface area contributed by atoms with Crippen molar-refractivity contribution in [2.24, 2.45) is 5.73 Å². The molecule has 5 nitrogen and oxygen atoms in total. The maximum atomic E-state index is 11.7. The smallest absolute Gasteiger partial charge is 0.323 e. The highest BCUT2D eigenvalue weighted by atomic mass is 16.5. The van der Waals surface area contributed by atoms with Crippen molar-refractivity contribution in [2.75, 3.05) is 13.2 Å². The molecular weight excluding hydrogens is 318 g/mol. The van der Waals surface area contributed by atoms with Gasteiger partial charge in [-0.05, 0) is 12.8 Å². The van der Waals surface area contributed by atoms with Crippen molar-refractivity contribution in [2.45, 2.75) is 103 Å². The topological polar surface area (TPSA) is 78.6 Å². The molecule has 0 saturated heterocycles. The molecule has 5 heteroatoms. The van der Waals surface area contributed by atoms with Crippen LogP contribution >= 0.6 is 0 Å². The molecule has 0 fully saturated rings. The predicted octanol–water partition coefficient (Wildman–Crippen LogP) is 4.51. The van der Waals surface area contributed by atoms with Gasteiger partial charge in [-0.25, -0.2) is 0 Å². The first kappa shape index (κ1) is 23.9. The van der Waals surface area contributed by atoms with Crippen LogP contribution in [0.25, 0.3) is 0 Å². The van der Waals surface area contributed by atoms with Gasteiger partial charge in [-0.1, -0.05) is 78.1 Å². The zero-order valence-corrected chi connectivity index (χ0v) is 16.4. The Kier molecular flexibility index (Phi) is 16.9. The molecule has 0 rings (SSSR count). The molecule has 0 aromatic rings. The van der Waals surface area contributed by atoms with E-state index >= 15 is 0 Å². The maximum absolute atomic E-state index is 11.7. The number of esters is 2. The molecule has 2 N–H and O–H groups in total. The molecule has 0 aliphatic heterocycles. The van der Waals surface area contributed by atoms with Gasteiger partial charge in [-0.3, -0.25) is 9.59 Å². The van der Waals surface area contributed by atoms with E-state index in [1.807, 2.05) is 0 Å². The summed E-state index contributed by atoms with van der Waals surface area (Å²) in [4.78, 5) is 23.4. The summed E-state index contributed by atoms with van der Waals surface area (Å²) in [6.07, 6.45) is 13.5. The Labute approximate surface area is 154 Å². The number of carbonyl (C=O) groups is 2. The van der Waals surface area contributed by atoms with Crippen LogP contribution < -0.4 is 5.73 Å². The number of hydrogen-bond donors (Lipinski definition) is 1. The third-order valence-electron chi connectivity index (χ3n) is 4.19. The molecule has 0 aliphatic rings. The van der Waals surface area contributed by atoms with Crippen molar-refractivity contribution in [3.8, 4) is 0 Å². The van der Waals surface area contributed by atoms with Gasteiger partial charge in [0.2, 0.25) is 0 Å². The summed E-state index contributed by atoms with van der Waals surface area (Å²) in [5, 5.41) is 0. The molecule has 0 unspecified atom stereocenters. The van der Waals surface area contributed by atoms with E-state index in [2.05, 4.69) is 13.8 Å². The summed E-state index contributed by atoms with van der Waals surface area (Å²) in [7, 11) is 0. The zero-order chi connectivity index (χ0) is 18.8. The summed E-state index contributed by atoms with van der Waals surface area (Å²) in [5.41, 5.74) is 5.71. The molecule has 0 bridgehead atoms. The lowest BCUT2D eigenvalue weighted by Gasteiger charge is -2.11. The van der Waals surface area contributed by atoms with Crippen LogP contribution in [0.15, 0.2) is 0 Å². The number of nitrogens with two attached hydrogens (primary N) is 1. The standard InChI is InChI=1S/C20H39NO4/c1-3-5-7-9-11-13-15-24-19(22)17-18(21)20(23)25-16-14-12-10-8-6-4-2/h18H,3-17,21H2,1-2H3/t18-/m0/s1. The van der Waals surface area contributed by atoms with Crippen molar-refractivity contribution in [3.63, 3.8) is 0 Å². The quantitative estimate of drug-likeness (QED) is 0.306. The fourth-order valence-electron chi connectivity index (χ4n) is 2.55. The minimum Gasteiger partial charge on any atom is -0.466 e. The van der Waals surface area contributed by atoms with Gasteiger partial charge >= 0.3 is 11.9 Å². The van der Waals surface area contributed by atoms with Crippen molar-refractivity contribution < 1.29 is 19.1 Å². The fourth-order valence-corrected chi connectivity index (χ4v) is 2.55. The monoisotopic (exact) mass is 357 g/mol. The highest BCUT2D eigenvalue weighted by molar-refractivity contribution is 5.82. The number of unbranched alkanes of at least 4 members (excludes halogenated alkanes) is 10. The largest absolute Gasteiger partial charge is 0.466 e. The molecule has 0 aromatic heterocycles. The molecule has 0 spiro atoms. The van der Waals surface area contributed by atoms with Crippen molar-refractivity contribution in [3.05, 3.63) is 0 Å². The van der Waals surface area contributed by atoms with E-state index in [0.29, 0.717) is 13.2 Å². The maximum Gasteiger partial charge on any atom is 0.323 e. The van der Waals surface area contributed by atoms with Crippen molar-refractivity contribution in [1.82, 2.24) is 0 Å². The first-order valence-corrected chi connectivity index (χ1v) is 10.2. The Morgan fingerprint density at radius 3 is 1.68 bits per heavy atom. The summed E-state index contributed by atoms with van der Waals surface area (Å²) < 4.78 is 10.2. The van der Waals surface area contributed by atoms with Crippen LogP contribution in [0.3, 0.4) is 0 Å². The predicted molar refractivity (Wildman–Crippen MR) is 101 cm³/mol. The number of ether oxygens (including phenoxy) is 2. The summed E-state index contributed by atoms with van der Waals surface area (Å²) in [6, 6.07) is -0.919. The second-order valence-electron chi connectivity index (χ2n) is 6.73. The fraction of sp³-hybridized carbons (Fsp3) is 0.900. The third kappa shape index (κ3) is 16.1. The van der Waals surface area contributed by atoms with E-state index in [0.717, 1.165) is 25.7 Å². The first-order chi connectivity index (χ1) is 12.1. The highest BCUT2D eigenvalue weighted by Crippen LogP contribution is 2.07. The van der Waals surface area contributed by atoms with Crippen molar-refractivity contribution >= 4 is 11.9 Å². The van der Waals surface area contributed by atoms with Crippen LogP contribution in [-0.2, 0) is 19.1 Å². The molecule has 0 saturated carbocycles. The Morgan fingerprint density at radius 1 is 0.720 bits per heavy atom. The van der Waals surface area contributed by atoms with E-state index in [9.17, 15) is 9.59 Å². The zero-order valence-electron chi connectivity index (χ0n) is 16.4. The molecule has 25 heavy (non-hydrogen) atoms. The first-order valence-electron chi connectivity index (χ1n) is 10.2. The van der Waals surface area contributed by atoms with E-state index in [1.54, 1.807) is 0 Å². The molecular formula is C20H39NO4. The summed E-state index contributed by atoms with van der Waals surface area (Å²) in [6.45, 7) is 5.15. The van der Waals surface area contributed by atoms with E-state index < -0.39 is 18.0 Å². The SMILES string of the molecule is CCCCCCCCOC(=O)C[C@H](N)C(=O)OCCCCCCCC. The molecule has 0 aliphatic carbocycles.